The molecule has 2 rings (SSSR count). The zero-order valence-electron chi connectivity index (χ0n) is 12.0. The number of benzene rings is 1. The van der Waals surface area contributed by atoms with Crippen molar-refractivity contribution in [2.75, 3.05) is 6.54 Å². The number of hydrogen-bond acceptors (Lipinski definition) is 2. The molecule has 0 bridgehead atoms. The Hall–Kier alpha value is -1.20. The number of halogens is 2. The molecule has 0 radical (unpaired) electrons. The monoisotopic (exact) mass is 339 g/mol. The van der Waals surface area contributed by atoms with Crippen molar-refractivity contribution in [2.24, 2.45) is 0 Å². The largest absolute Gasteiger partial charge is 0.313 e. The molecule has 0 aliphatic heterocycles. The Kier molecular flexibility index (Phi) is 4.94. The fourth-order valence-electron chi connectivity index (χ4n) is 2.20. The maximum atomic E-state index is 13.2. The van der Waals surface area contributed by atoms with Crippen LogP contribution in [0.4, 0.5) is 4.39 Å². The van der Waals surface area contributed by atoms with E-state index in [2.05, 4.69) is 40.2 Å². The summed E-state index contributed by atoms with van der Waals surface area (Å²) in [6.07, 6.45) is 0. The molecule has 1 N–H and O–H groups in total. The van der Waals surface area contributed by atoms with E-state index in [0.29, 0.717) is 11.0 Å². The summed E-state index contributed by atoms with van der Waals surface area (Å²) in [7, 11) is 0. The van der Waals surface area contributed by atoms with Crippen LogP contribution in [-0.2, 0) is 13.1 Å². The molecule has 1 aromatic carbocycles. The molecular weight excluding hydrogens is 321 g/mol. The van der Waals surface area contributed by atoms with Crippen LogP contribution < -0.4 is 5.32 Å². The summed E-state index contributed by atoms with van der Waals surface area (Å²) in [6, 6.07) is 5.07. The SMILES string of the molecule is CCNCc1c(C)nn(Cc2ccc(F)c(Br)c2)c1C. The van der Waals surface area contributed by atoms with Gasteiger partial charge in [0.15, 0.2) is 0 Å². The molecule has 3 nitrogen and oxygen atoms in total. The van der Waals surface area contributed by atoms with Gasteiger partial charge >= 0.3 is 0 Å². The Bertz CT molecular complexity index is 607. The molecule has 0 unspecified atom stereocenters. The van der Waals surface area contributed by atoms with Crippen molar-refractivity contribution in [1.29, 1.82) is 0 Å². The maximum Gasteiger partial charge on any atom is 0.137 e. The molecular formula is C15H19BrFN3. The van der Waals surface area contributed by atoms with E-state index in [4.69, 9.17) is 0 Å². The molecule has 0 aliphatic rings. The van der Waals surface area contributed by atoms with Gasteiger partial charge in [0.1, 0.15) is 5.82 Å². The second-order valence-electron chi connectivity index (χ2n) is 4.84. The summed E-state index contributed by atoms with van der Waals surface area (Å²) in [5, 5.41) is 7.91. The lowest BCUT2D eigenvalue weighted by atomic mass is 10.2. The second kappa shape index (κ2) is 6.50. The highest BCUT2D eigenvalue weighted by Gasteiger charge is 2.11. The average Bonchev–Trinajstić information content (AvgIpc) is 2.67. The predicted octanol–water partition coefficient (Wildman–Crippen LogP) is 3.56. The highest BCUT2D eigenvalue weighted by atomic mass is 79.9. The lowest BCUT2D eigenvalue weighted by Crippen LogP contribution is -2.13. The van der Waals surface area contributed by atoms with Crippen molar-refractivity contribution >= 4 is 15.9 Å². The fraction of sp³-hybridized carbons (Fsp3) is 0.400. The molecule has 20 heavy (non-hydrogen) atoms. The number of hydrogen-bond donors (Lipinski definition) is 1. The van der Waals surface area contributed by atoms with Crippen LogP contribution in [0.5, 0.6) is 0 Å². The zero-order valence-corrected chi connectivity index (χ0v) is 13.6. The number of nitrogens with zero attached hydrogens (tertiary/aromatic N) is 2. The van der Waals surface area contributed by atoms with E-state index in [1.165, 1.54) is 11.6 Å². The van der Waals surface area contributed by atoms with E-state index < -0.39 is 0 Å². The van der Waals surface area contributed by atoms with E-state index in [-0.39, 0.29) is 5.82 Å². The minimum absolute atomic E-state index is 0.241. The van der Waals surface area contributed by atoms with Gasteiger partial charge in [-0.05, 0) is 54.0 Å². The molecule has 0 saturated carbocycles. The fourth-order valence-corrected chi connectivity index (χ4v) is 2.63. The van der Waals surface area contributed by atoms with E-state index in [1.54, 1.807) is 12.1 Å². The Morgan fingerprint density at radius 3 is 2.75 bits per heavy atom. The molecule has 0 aliphatic carbocycles. The third-order valence-corrected chi connectivity index (χ3v) is 4.01. The van der Waals surface area contributed by atoms with E-state index in [1.807, 2.05) is 11.6 Å². The minimum atomic E-state index is -0.241. The Morgan fingerprint density at radius 2 is 2.10 bits per heavy atom. The summed E-state index contributed by atoms with van der Waals surface area (Å²) in [6.45, 7) is 8.61. The van der Waals surface area contributed by atoms with Gasteiger partial charge in [0, 0.05) is 17.8 Å². The van der Waals surface area contributed by atoms with E-state index >= 15 is 0 Å². The van der Waals surface area contributed by atoms with Gasteiger partial charge in [-0.15, -0.1) is 0 Å². The predicted molar refractivity (Wildman–Crippen MR) is 82.3 cm³/mol. The van der Waals surface area contributed by atoms with Crippen LogP contribution in [0.15, 0.2) is 22.7 Å². The maximum absolute atomic E-state index is 13.2. The van der Waals surface area contributed by atoms with Gasteiger partial charge in [-0.2, -0.15) is 5.10 Å². The number of rotatable bonds is 5. The van der Waals surface area contributed by atoms with Crippen molar-refractivity contribution < 1.29 is 4.39 Å². The lowest BCUT2D eigenvalue weighted by Gasteiger charge is -2.07. The first-order chi connectivity index (χ1) is 9.52. The van der Waals surface area contributed by atoms with Gasteiger partial charge < -0.3 is 5.32 Å². The summed E-state index contributed by atoms with van der Waals surface area (Å²) in [5.41, 5.74) is 4.47. The number of aromatic nitrogens is 2. The molecule has 0 amide bonds. The van der Waals surface area contributed by atoms with Crippen LogP contribution >= 0.6 is 15.9 Å². The molecule has 1 heterocycles. The van der Waals surface area contributed by atoms with Gasteiger partial charge in [-0.1, -0.05) is 13.0 Å². The number of aryl methyl sites for hydroxylation is 1. The molecule has 0 spiro atoms. The molecule has 5 heteroatoms. The van der Waals surface area contributed by atoms with Crippen LogP contribution in [0.3, 0.4) is 0 Å². The van der Waals surface area contributed by atoms with Crippen LogP contribution in [-0.4, -0.2) is 16.3 Å². The first-order valence-corrected chi connectivity index (χ1v) is 7.49. The van der Waals surface area contributed by atoms with E-state index in [9.17, 15) is 4.39 Å². The van der Waals surface area contributed by atoms with Crippen molar-refractivity contribution in [1.82, 2.24) is 15.1 Å². The smallest absolute Gasteiger partial charge is 0.137 e. The molecule has 2 aromatic rings. The summed E-state index contributed by atoms with van der Waals surface area (Å²) >= 11 is 3.22. The Morgan fingerprint density at radius 1 is 1.35 bits per heavy atom. The van der Waals surface area contributed by atoms with Crippen molar-refractivity contribution in [3.05, 3.63) is 51.0 Å². The van der Waals surface area contributed by atoms with Crippen LogP contribution in [0, 0.1) is 19.7 Å². The summed E-state index contributed by atoms with van der Waals surface area (Å²) in [5.74, 6) is -0.241. The van der Waals surface area contributed by atoms with Gasteiger partial charge in [-0.25, -0.2) is 4.39 Å². The summed E-state index contributed by atoms with van der Waals surface area (Å²) < 4.78 is 15.7. The Labute approximate surface area is 127 Å². The minimum Gasteiger partial charge on any atom is -0.313 e. The van der Waals surface area contributed by atoms with Crippen molar-refractivity contribution in [3.8, 4) is 0 Å². The van der Waals surface area contributed by atoms with E-state index in [0.717, 1.165) is 30.0 Å². The third-order valence-electron chi connectivity index (χ3n) is 3.40. The quantitative estimate of drug-likeness (QED) is 0.902. The molecule has 0 atom stereocenters. The molecule has 0 saturated heterocycles. The topological polar surface area (TPSA) is 29.9 Å². The standard InChI is InChI=1S/C15H19BrFN3/c1-4-18-8-13-10(2)19-20(11(13)3)9-12-5-6-15(17)14(16)7-12/h5-7,18H,4,8-9H2,1-3H3. The van der Waals surface area contributed by atoms with Gasteiger partial charge in [0.25, 0.3) is 0 Å². The highest BCUT2D eigenvalue weighted by Crippen LogP contribution is 2.19. The molecule has 0 fully saturated rings. The van der Waals surface area contributed by atoms with Crippen LogP contribution in [0.25, 0.3) is 0 Å². The second-order valence-corrected chi connectivity index (χ2v) is 5.69. The van der Waals surface area contributed by atoms with Crippen molar-refractivity contribution in [2.45, 2.75) is 33.9 Å². The van der Waals surface area contributed by atoms with Gasteiger partial charge in [0.05, 0.1) is 16.7 Å². The summed E-state index contributed by atoms with van der Waals surface area (Å²) in [4.78, 5) is 0. The third kappa shape index (κ3) is 3.27. The first-order valence-electron chi connectivity index (χ1n) is 6.70. The van der Waals surface area contributed by atoms with Crippen LogP contribution in [0.1, 0.15) is 29.4 Å². The van der Waals surface area contributed by atoms with Crippen molar-refractivity contribution in [3.63, 3.8) is 0 Å². The first kappa shape index (κ1) is 15.2. The molecule has 108 valence electrons. The average molecular weight is 340 g/mol. The van der Waals surface area contributed by atoms with Crippen LogP contribution in [0.2, 0.25) is 0 Å². The lowest BCUT2D eigenvalue weighted by molar-refractivity contribution is 0.615. The van der Waals surface area contributed by atoms with Gasteiger partial charge in [0.2, 0.25) is 0 Å². The molecule has 1 aromatic heterocycles. The number of nitrogens with one attached hydrogen (secondary N) is 1. The van der Waals surface area contributed by atoms with Gasteiger partial charge in [-0.3, -0.25) is 4.68 Å². The Balaban J connectivity index is 2.23. The normalized spacial score (nSPS) is 11.1. The highest BCUT2D eigenvalue weighted by molar-refractivity contribution is 9.10. The zero-order chi connectivity index (χ0) is 14.7.